The van der Waals surface area contributed by atoms with Crippen molar-refractivity contribution in [1.82, 2.24) is 25.6 Å². The third-order valence-electron chi connectivity index (χ3n) is 7.74. The van der Waals surface area contributed by atoms with E-state index >= 15 is 0 Å². The zero-order valence-electron chi connectivity index (χ0n) is 27.9. The summed E-state index contributed by atoms with van der Waals surface area (Å²) in [6.45, 7) is -1.79. The summed E-state index contributed by atoms with van der Waals surface area (Å²) < 4.78 is 48.4. The molecule has 53 heavy (non-hydrogen) atoms. The number of carbonyl (C=O) groups excluding carboxylic acids is 4. The number of benzene rings is 3. The molecule has 1 aliphatic carbocycles. The Morgan fingerprint density at radius 1 is 0.925 bits per heavy atom. The van der Waals surface area contributed by atoms with E-state index < -0.39 is 54.1 Å². The van der Waals surface area contributed by atoms with Crippen LogP contribution in [-0.2, 0) is 24.7 Å². The standard InChI is InChI=1S/C34H33ClF3N9O6/c1-52-29(51)25(13-16-40-27(49)28(50)41-24-4-2-3-22(39)17-24)43-26(48)19-5-11-23(12-6-19)42-30-44-31(46-32(45-30)53-18-34(36,37)38)47-33(14-15-33)20-7-9-21(35)10-8-20/h2-12,17,25H,13-16,18,39H2,1H3,(H,40,49)(H,41,50)(H,43,48)(H2,42,44,45,46,47)/t25-/m0/s1. The first-order valence-corrected chi connectivity index (χ1v) is 16.3. The molecule has 1 aliphatic rings. The largest absolute Gasteiger partial charge is 0.467 e. The molecule has 0 unspecified atom stereocenters. The van der Waals surface area contributed by atoms with Crippen molar-refractivity contribution in [2.45, 2.75) is 37.0 Å². The molecule has 4 aromatic rings. The summed E-state index contributed by atoms with van der Waals surface area (Å²) in [4.78, 5) is 62.2. The van der Waals surface area contributed by atoms with Crippen molar-refractivity contribution in [1.29, 1.82) is 0 Å². The second kappa shape index (κ2) is 16.4. The van der Waals surface area contributed by atoms with E-state index in [0.29, 0.717) is 34.9 Å². The number of methoxy groups -OCH3 is 1. The highest BCUT2D eigenvalue weighted by molar-refractivity contribution is 6.39. The van der Waals surface area contributed by atoms with Crippen LogP contribution < -0.4 is 37.1 Å². The quantitative estimate of drug-likeness (QED) is 0.0604. The lowest BCUT2D eigenvalue weighted by atomic mass is 10.1. The highest BCUT2D eigenvalue weighted by atomic mass is 35.5. The van der Waals surface area contributed by atoms with Crippen LogP contribution >= 0.6 is 11.6 Å². The number of anilines is 5. The number of aromatic nitrogens is 3. The molecule has 3 amide bonds. The minimum absolute atomic E-state index is 0.0322. The lowest BCUT2D eigenvalue weighted by Gasteiger charge is -2.19. The number of carbonyl (C=O) groups is 4. The molecule has 0 saturated heterocycles. The van der Waals surface area contributed by atoms with Crippen LogP contribution in [-0.4, -0.2) is 71.1 Å². The number of halogens is 4. The van der Waals surface area contributed by atoms with E-state index in [1.54, 1.807) is 30.3 Å². The molecular weight excluding hydrogens is 723 g/mol. The van der Waals surface area contributed by atoms with Gasteiger partial charge in [-0.05, 0) is 79.4 Å². The fraction of sp³-hybridized carbons (Fsp3) is 0.265. The van der Waals surface area contributed by atoms with Crippen molar-refractivity contribution < 1.29 is 41.8 Å². The van der Waals surface area contributed by atoms with Gasteiger partial charge in [0.1, 0.15) is 6.04 Å². The van der Waals surface area contributed by atoms with Crippen LogP contribution in [0.3, 0.4) is 0 Å². The Balaban J connectivity index is 1.21. The summed E-state index contributed by atoms with van der Waals surface area (Å²) in [5.41, 5.74) is 7.19. The van der Waals surface area contributed by atoms with Gasteiger partial charge in [0.25, 0.3) is 5.91 Å². The van der Waals surface area contributed by atoms with Gasteiger partial charge in [-0.25, -0.2) is 4.79 Å². The summed E-state index contributed by atoms with van der Waals surface area (Å²) in [5, 5.41) is 13.9. The lowest BCUT2D eigenvalue weighted by molar-refractivity contribution is -0.154. The topological polar surface area (TPSA) is 212 Å². The van der Waals surface area contributed by atoms with Crippen LogP contribution in [0.25, 0.3) is 0 Å². The summed E-state index contributed by atoms with van der Waals surface area (Å²) >= 11 is 6.02. The molecule has 7 N–H and O–H groups in total. The predicted molar refractivity (Wildman–Crippen MR) is 187 cm³/mol. The van der Waals surface area contributed by atoms with Gasteiger partial charge < -0.3 is 41.8 Å². The number of rotatable bonds is 14. The number of nitrogens with two attached hydrogens (primary N) is 1. The van der Waals surface area contributed by atoms with E-state index in [1.807, 2.05) is 12.1 Å². The smallest absolute Gasteiger partial charge is 0.422 e. The summed E-state index contributed by atoms with van der Waals surface area (Å²) in [6.07, 6.45) is -3.33. The number of amides is 3. The Bertz CT molecular complexity index is 1960. The van der Waals surface area contributed by atoms with Gasteiger partial charge in [-0.2, -0.15) is 28.1 Å². The Morgan fingerprint density at radius 2 is 1.62 bits per heavy atom. The summed E-state index contributed by atoms with van der Waals surface area (Å²) in [6, 6.07) is 17.4. The fourth-order valence-electron chi connectivity index (χ4n) is 4.95. The maximum Gasteiger partial charge on any atom is 0.422 e. The number of nitrogen functional groups attached to an aromatic ring is 1. The van der Waals surface area contributed by atoms with Crippen LogP contribution in [0.4, 0.5) is 42.1 Å². The molecule has 1 heterocycles. The minimum atomic E-state index is -4.64. The van der Waals surface area contributed by atoms with Gasteiger partial charge in [-0.3, -0.25) is 14.4 Å². The van der Waals surface area contributed by atoms with Crippen LogP contribution in [0, 0.1) is 0 Å². The molecule has 0 bridgehead atoms. The monoisotopic (exact) mass is 755 g/mol. The van der Waals surface area contributed by atoms with Crippen LogP contribution in [0.15, 0.2) is 72.8 Å². The number of nitrogens with one attached hydrogen (secondary N) is 5. The van der Waals surface area contributed by atoms with Gasteiger partial charge in [-0.15, -0.1) is 0 Å². The molecule has 5 rings (SSSR count). The molecular formula is C34H33ClF3N9O6. The van der Waals surface area contributed by atoms with Crippen LogP contribution in [0.1, 0.15) is 35.2 Å². The van der Waals surface area contributed by atoms with Crippen molar-refractivity contribution in [2.75, 3.05) is 41.9 Å². The molecule has 0 aliphatic heterocycles. The molecule has 0 spiro atoms. The molecule has 15 nitrogen and oxygen atoms in total. The van der Waals surface area contributed by atoms with Crippen molar-refractivity contribution >= 4 is 64.3 Å². The average Bonchev–Trinajstić information content (AvgIpc) is 3.90. The Morgan fingerprint density at radius 3 is 2.26 bits per heavy atom. The highest BCUT2D eigenvalue weighted by Crippen LogP contribution is 2.48. The first-order valence-electron chi connectivity index (χ1n) is 15.9. The van der Waals surface area contributed by atoms with Crippen molar-refractivity contribution in [3.8, 4) is 6.01 Å². The predicted octanol–water partition coefficient (Wildman–Crippen LogP) is 4.31. The van der Waals surface area contributed by atoms with Gasteiger partial charge >= 0.3 is 30.0 Å². The Hall–Kier alpha value is -6.17. The molecule has 19 heteroatoms. The van der Waals surface area contributed by atoms with Gasteiger partial charge in [-0.1, -0.05) is 29.8 Å². The molecule has 1 saturated carbocycles. The van der Waals surface area contributed by atoms with E-state index in [4.69, 9.17) is 26.8 Å². The van der Waals surface area contributed by atoms with Gasteiger partial charge in [0.05, 0.1) is 12.6 Å². The highest BCUT2D eigenvalue weighted by Gasteiger charge is 2.45. The SMILES string of the molecule is COC(=O)[C@H](CCNC(=O)C(=O)Nc1cccc(N)c1)NC(=O)c1ccc(Nc2nc(NC3(c4ccc(Cl)cc4)CC3)nc(OCC(F)(F)F)n2)cc1. The Kier molecular flexibility index (Phi) is 11.8. The molecule has 1 atom stereocenters. The third-order valence-corrected chi connectivity index (χ3v) is 7.99. The second-order valence-electron chi connectivity index (χ2n) is 11.8. The van der Waals surface area contributed by atoms with E-state index in [-0.39, 0.29) is 30.4 Å². The molecule has 1 aromatic heterocycles. The lowest BCUT2D eigenvalue weighted by Crippen LogP contribution is -2.44. The van der Waals surface area contributed by atoms with Crippen molar-refractivity contribution in [3.05, 3.63) is 88.9 Å². The zero-order chi connectivity index (χ0) is 38.2. The van der Waals surface area contributed by atoms with E-state index in [0.717, 1.165) is 12.7 Å². The number of alkyl halides is 3. The van der Waals surface area contributed by atoms with E-state index in [9.17, 15) is 32.3 Å². The molecule has 0 radical (unpaired) electrons. The van der Waals surface area contributed by atoms with Crippen molar-refractivity contribution in [2.24, 2.45) is 0 Å². The number of hydrogen-bond donors (Lipinski definition) is 6. The van der Waals surface area contributed by atoms with Crippen LogP contribution in [0.5, 0.6) is 6.01 Å². The zero-order valence-corrected chi connectivity index (χ0v) is 28.7. The summed E-state index contributed by atoms with van der Waals surface area (Å²) in [5.74, 6) is -3.55. The third kappa shape index (κ3) is 10.9. The average molecular weight is 756 g/mol. The van der Waals surface area contributed by atoms with Crippen molar-refractivity contribution in [3.63, 3.8) is 0 Å². The maximum atomic E-state index is 13.0. The minimum Gasteiger partial charge on any atom is -0.467 e. The molecule has 3 aromatic carbocycles. The summed E-state index contributed by atoms with van der Waals surface area (Å²) in [7, 11) is 1.13. The van der Waals surface area contributed by atoms with E-state index in [1.165, 1.54) is 30.3 Å². The second-order valence-corrected chi connectivity index (χ2v) is 12.2. The number of hydrogen-bond acceptors (Lipinski definition) is 12. The van der Waals surface area contributed by atoms with Gasteiger partial charge in [0.15, 0.2) is 6.61 Å². The van der Waals surface area contributed by atoms with E-state index in [2.05, 4.69) is 41.5 Å². The first-order chi connectivity index (χ1) is 25.2. The van der Waals surface area contributed by atoms with Crippen LogP contribution in [0.2, 0.25) is 5.02 Å². The van der Waals surface area contributed by atoms with Gasteiger partial charge in [0.2, 0.25) is 11.9 Å². The number of esters is 1. The Labute approximate surface area is 305 Å². The number of nitrogens with zero attached hydrogens (tertiary/aromatic N) is 3. The molecule has 278 valence electrons. The maximum absolute atomic E-state index is 13.0. The fourth-order valence-corrected chi connectivity index (χ4v) is 5.08. The number of ether oxygens (including phenoxy) is 2. The normalized spacial score (nSPS) is 13.5. The van der Waals surface area contributed by atoms with Gasteiger partial charge in [0, 0.05) is 34.2 Å². The first kappa shape index (κ1) is 38.1. The molecule has 1 fully saturated rings.